The maximum Gasteiger partial charge on any atom is 0.337 e. The second-order valence-electron chi connectivity index (χ2n) is 9.20. The summed E-state index contributed by atoms with van der Waals surface area (Å²) in [6.45, 7) is 3.14. The molecule has 3 heterocycles. The Morgan fingerprint density at radius 3 is 2.73 bits per heavy atom. The molecule has 0 spiro atoms. The number of fused-ring (bicyclic) bond motifs is 6. The molecule has 0 radical (unpaired) electrons. The van der Waals surface area contributed by atoms with E-state index in [1.54, 1.807) is 24.3 Å². The number of carbonyl (C=O) groups excluding carboxylic acids is 2. The van der Waals surface area contributed by atoms with Gasteiger partial charge in [0.1, 0.15) is 0 Å². The van der Waals surface area contributed by atoms with Crippen LogP contribution in [-0.4, -0.2) is 60.6 Å². The van der Waals surface area contributed by atoms with Crippen LogP contribution in [0.25, 0.3) is 0 Å². The summed E-state index contributed by atoms with van der Waals surface area (Å²) in [5, 5.41) is 3.05. The lowest BCUT2D eigenvalue weighted by molar-refractivity contribution is 0.00908. The maximum absolute atomic E-state index is 13.2. The van der Waals surface area contributed by atoms with Crippen molar-refractivity contribution in [3.05, 3.63) is 41.5 Å². The third kappa shape index (κ3) is 3.51. The Balaban J connectivity index is 1.33. The normalized spacial score (nSPS) is 30.6. The van der Waals surface area contributed by atoms with Crippen LogP contribution in [0.3, 0.4) is 0 Å². The zero-order valence-electron chi connectivity index (χ0n) is 17.7. The fourth-order valence-electron chi connectivity index (χ4n) is 6.20. The van der Waals surface area contributed by atoms with E-state index in [0.29, 0.717) is 23.1 Å². The molecule has 2 bridgehead atoms. The Bertz CT molecular complexity index is 850. The van der Waals surface area contributed by atoms with Gasteiger partial charge in [0.2, 0.25) is 0 Å². The van der Waals surface area contributed by atoms with E-state index in [1.807, 2.05) is 0 Å². The topological polar surface area (TPSA) is 61.9 Å². The van der Waals surface area contributed by atoms with Crippen molar-refractivity contribution in [2.75, 3.05) is 32.1 Å². The Kier molecular flexibility index (Phi) is 5.27. The Labute approximate surface area is 178 Å². The van der Waals surface area contributed by atoms with Gasteiger partial charge in [-0.15, -0.1) is 0 Å². The number of carbonyl (C=O) groups is 2. The number of amides is 2. The van der Waals surface area contributed by atoms with Crippen molar-refractivity contribution in [2.24, 2.45) is 11.8 Å². The molecule has 1 aliphatic carbocycles. The van der Waals surface area contributed by atoms with Crippen molar-refractivity contribution in [1.29, 1.82) is 0 Å². The molecule has 4 aliphatic rings. The van der Waals surface area contributed by atoms with Crippen LogP contribution in [0.5, 0.6) is 0 Å². The number of esters is 1. The number of nitrogens with zero attached hydrogens (tertiary/aromatic N) is 2. The third-order valence-corrected chi connectivity index (χ3v) is 7.48. The lowest BCUT2D eigenvalue weighted by atomic mass is 9.68. The van der Waals surface area contributed by atoms with Gasteiger partial charge < -0.3 is 15.0 Å². The molecule has 0 saturated carbocycles. The predicted molar refractivity (Wildman–Crippen MR) is 115 cm³/mol. The molecule has 3 fully saturated rings. The van der Waals surface area contributed by atoms with Gasteiger partial charge in [-0.3, -0.25) is 4.90 Å². The van der Waals surface area contributed by atoms with E-state index in [1.165, 1.54) is 44.9 Å². The Morgan fingerprint density at radius 1 is 1.10 bits per heavy atom. The molecular formula is C24H31N3O3. The average Bonchev–Trinajstić information content (AvgIpc) is 2.78. The zero-order valence-corrected chi connectivity index (χ0v) is 17.7. The molecule has 6 nitrogen and oxygen atoms in total. The van der Waals surface area contributed by atoms with Gasteiger partial charge in [0.15, 0.2) is 0 Å². The third-order valence-electron chi connectivity index (χ3n) is 7.48. The van der Waals surface area contributed by atoms with Gasteiger partial charge in [0.25, 0.3) is 0 Å². The molecule has 4 atom stereocenters. The van der Waals surface area contributed by atoms with Crippen LogP contribution in [0.1, 0.15) is 48.9 Å². The minimum Gasteiger partial charge on any atom is -0.465 e. The molecule has 3 saturated heterocycles. The summed E-state index contributed by atoms with van der Waals surface area (Å²) >= 11 is 0. The summed E-state index contributed by atoms with van der Waals surface area (Å²) in [6, 6.07) is 7.82. The molecule has 1 aromatic carbocycles. The van der Waals surface area contributed by atoms with Gasteiger partial charge in [-0.2, -0.15) is 0 Å². The highest BCUT2D eigenvalue weighted by molar-refractivity contribution is 5.92. The molecule has 1 N–H and O–H groups in total. The maximum atomic E-state index is 13.2. The van der Waals surface area contributed by atoms with Gasteiger partial charge in [0.05, 0.1) is 18.7 Å². The quantitative estimate of drug-likeness (QED) is 0.594. The van der Waals surface area contributed by atoms with Crippen molar-refractivity contribution in [1.82, 2.24) is 9.80 Å². The second-order valence-corrected chi connectivity index (χ2v) is 9.20. The lowest BCUT2D eigenvalue weighted by Gasteiger charge is -2.54. The average molecular weight is 410 g/mol. The molecule has 0 aromatic heterocycles. The number of piperidine rings is 3. The van der Waals surface area contributed by atoms with E-state index < -0.39 is 0 Å². The number of methoxy groups -OCH3 is 1. The van der Waals surface area contributed by atoms with Crippen LogP contribution in [0.15, 0.2) is 35.9 Å². The molecule has 2 amide bonds. The summed E-state index contributed by atoms with van der Waals surface area (Å²) in [5.74, 6) is 0.838. The highest BCUT2D eigenvalue weighted by atomic mass is 16.5. The molecule has 6 heteroatoms. The van der Waals surface area contributed by atoms with E-state index in [9.17, 15) is 9.59 Å². The number of likely N-dealkylation sites (tertiary alicyclic amines) is 1. The first kappa shape index (κ1) is 19.6. The van der Waals surface area contributed by atoms with Gasteiger partial charge in [-0.05, 0) is 74.8 Å². The first-order chi connectivity index (χ1) is 14.6. The summed E-state index contributed by atoms with van der Waals surface area (Å²) in [5.41, 5.74) is 2.68. The smallest absolute Gasteiger partial charge is 0.337 e. The number of rotatable bonds is 2. The number of hydrogen-bond donors (Lipinski definition) is 1. The highest BCUT2D eigenvalue weighted by Crippen LogP contribution is 2.45. The second kappa shape index (κ2) is 8.06. The predicted octanol–water partition coefficient (Wildman–Crippen LogP) is 3.90. The fraction of sp³-hybridized carbons (Fsp3) is 0.583. The monoisotopic (exact) mass is 409 g/mol. The summed E-state index contributed by atoms with van der Waals surface area (Å²) in [7, 11) is 1.37. The van der Waals surface area contributed by atoms with Crippen LogP contribution < -0.4 is 5.32 Å². The van der Waals surface area contributed by atoms with Crippen LogP contribution >= 0.6 is 0 Å². The zero-order chi connectivity index (χ0) is 20.7. The van der Waals surface area contributed by atoms with E-state index >= 15 is 0 Å². The fourth-order valence-corrected chi connectivity index (χ4v) is 6.20. The van der Waals surface area contributed by atoms with Gasteiger partial charge in [-0.1, -0.05) is 18.1 Å². The van der Waals surface area contributed by atoms with Crippen LogP contribution in [0.4, 0.5) is 10.5 Å². The van der Waals surface area contributed by atoms with Crippen molar-refractivity contribution >= 4 is 17.7 Å². The number of hydrogen-bond acceptors (Lipinski definition) is 4. The first-order valence-corrected chi connectivity index (χ1v) is 11.3. The molecule has 5 rings (SSSR count). The summed E-state index contributed by atoms with van der Waals surface area (Å²) in [4.78, 5) is 29.6. The van der Waals surface area contributed by atoms with E-state index in [-0.39, 0.29) is 18.0 Å². The number of benzene rings is 1. The van der Waals surface area contributed by atoms with Gasteiger partial charge in [0, 0.05) is 24.8 Å². The molecule has 160 valence electrons. The summed E-state index contributed by atoms with van der Waals surface area (Å²) < 4.78 is 4.74. The number of nitrogens with one attached hydrogen (secondary N) is 1. The molecule has 3 aliphatic heterocycles. The summed E-state index contributed by atoms with van der Waals surface area (Å²) in [6.07, 6.45) is 9.91. The SMILES string of the molecule is COC(=O)c1ccc(NC(=O)N2CCCC3=C[C@H]4C[C@H](CN5CCCC[C@H]45)[C@@H]32)cc1. The van der Waals surface area contributed by atoms with Crippen LogP contribution in [0.2, 0.25) is 0 Å². The number of urea groups is 1. The minimum absolute atomic E-state index is 0.0318. The van der Waals surface area contributed by atoms with Crippen molar-refractivity contribution in [2.45, 2.75) is 50.6 Å². The van der Waals surface area contributed by atoms with Gasteiger partial charge in [-0.25, -0.2) is 9.59 Å². The largest absolute Gasteiger partial charge is 0.465 e. The van der Waals surface area contributed by atoms with Crippen LogP contribution in [0, 0.1) is 11.8 Å². The molecule has 0 unspecified atom stereocenters. The first-order valence-electron chi connectivity index (χ1n) is 11.3. The van der Waals surface area contributed by atoms with E-state index in [4.69, 9.17) is 4.74 Å². The van der Waals surface area contributed by atoms with Crippen molar-refractivity contribution in [3.63, 3.8) is 0 Å². The minimum atomic E-state index is -0.372. The van der Waals surface area contributed by atoms with Gasteiger partial charge >= 0.3 is 12.0 Å². The number of anilines is 1. The Hall–Kier alpha value is -2.34. The van der Waals surface area contributed by atoms with Crippen molar-refractivity contribution < 1.29 is 14.3 Å². The van der Waals surface area contributed by atoms with Crippen LogP contribution in [-0.2, 0) is 4.74 Å². The molecular weight excluding hydrogens is 378 g/mol. The van der Waals surface area contributed by atoms with E-state index in [2.05, 4.69) is 21.2 Å². The van der Waals surface area contributed by atoms with E-state index in [0.717, 1.165) is 32.0 Å². The number of ether oxygens (including phenoxy) is 1. The molecule has 1 aromatic rings. The molecule has 30 heavy (non-hydrogen) atoms. The lowest BCUT2D eigenvalue weighted by Crippen LogP contribution is -2.60. The standard InChI is InChI=1S/C24H31N3O3/c1-30-23(28)16-7-9-20(10-8-16)25-24(29)27-12-4-5-17-13-18-14-19(22(17)27)15-26-11-3-2-6-21(18)26/h7-10,13,18-19,21-22H,2-6,11-12,14-15H2,1H3,(H,25,29)/t18-,19+,21+,22+/m0/s1. The highest BCUT2D eigenvalue weighted by Gasteiger charge is 2.46. The van der Waals surface area contributed by atoms with Crippen molar-refractivity contribution in [3.8, 4) is 0 Å². The Morgan fingerprint density at radius 2 is 1.93 bits per heavy atom.